The fraction of sp³-hybridized carbons (Fsp3) is 0.500. The van der Waals surface area contributed by atoms with Crippen molar-refractivity contribution in [3.8, 4) is 5.69 Å². The van der Waals surface area contributed by atoms with E-state index in [9.17, 15) is 9.59 Å². The van der Waals surface area contributed by atoms with Gasteiger partial charge in [0.05, 0.1) is 5.69 Å². The van der Waals surface area contributed by atoms with Crippen LogP contribution in [0.25, 0.3) is 5.69 Å². The van der Waals surface area contributed by atoms with Crippen LogP contribution in [-0.2, 0) is 4.79 Å². The van der Waals surface area contributed by atoms with Gasteiger partial charge in [-0.1, -0.05) is 12.8 Å². The molecule has 0 radical (unpaired) electrons. The summed E-state index contributed by atoms with van der Waals surface area (Å²) in [5.74, 6) is 0.452. The highest BCUT2D eigenvalue weighted by atomic mass is 16.2. The molecule has 3 amide bonds. The molecule has 1 unspecified atom stereocenters. The Hall–Kier alpha value is -2.90. The molecule has 1 aromatic heterocycles. The lowest BCUT2D eigenvalue weighted by Gasteiger charge is -2.25. The highest BCUT2D eigenvalue weighted by Crippen LogP contribution is 2.29. The number of benzene rings is 1. The summed E-state index contributed by atoms with van der Waals surface area (Å²) in [7, 11) is 1.78. The molecule has 1 N–H and O–H groups in total. The van der Waals surface area contributed by atoms with Crippen molar-refractivity contribution in [2.24, 2.45) is 5.92 Å². The third kappa shape index (κ3) is 4.00. The molecular weight excluding hydrogens is 356 g/mol. The molecule has 2 heterocycles. The van der Waals surface area contributed by atoms with Gasteiger partial charge in [0.15, 0.2) is 0 Å². The van der Waals surface area contributed by atoms with Gasteiger partial charge in [0.25, 0.3) is 0 Å². The molecule has 4 rings (SSSR count). The van der Waals surface area contributed by atoms with Gasteiger partial charge in [0, 0.05) is 44.2 Å². The van der Waals surface area contributed by atoms with Crippen LogP contribution in [0.15, 0.2) is 36.9 Å². The second-order valence-electron chi connectivity index (χ2n) is 7.75. The number of likely N-dealkylation sites (tertiary alicyclic amines) is 1. The zero-order valence-corrected chi connectivity index (χ0v) is 16.1. The maximum absolute atomic E-state index is 12.5. The number of hydrogen-bond donors (Lipinski definition) is 1. The van der Waals surface area contributed by atoms with Gasteiger partial charge in [-0.25, -0.2) is 14.5 Å². The summed E-state index contributed by atoms with van der Waals surface area (Å²) in [6.07, 6.45) is 8.33. The van der Waals surface area contributed by atoms with E-state index in [0.29, 0.717) is 19.0 Å². The fourth-order valence-corrected chi connectivity index (χ4v) is 4.23. The second-order valence-corrected chi connectivity index (χ2v) is 7.75. The molecule has 0 bridgehead atoms. The Kier molecular flexibility index (Phi) is 5.27. The van der Waals surface area contributed by atoms with E-state index in [1.54, 1.807) is 23.0 Å². The summed E-state index contributed by atoms with van der Waals surface area (Å²) >= 11 is 0. The van der Waals surface area contributed by atoms with E-state index in [1.807, 2.05) is 29.2 Å². The van der Waals surface area contributed by atoms with E-state index in [-0.39, 0.29) is 17.9 Å². The third-order valence-corrected chi connectivity index (χ3v) is 5.68. The lowest BCUT2D eigenvalue weighted by Crippen LogP contribution is -2.37. The van der Waals surface area contributed by atoms with Crippen LogP contribution in [-0.4, -0.2) is 62.7 Å². The normalized spacial score (nSPS) is 20.0. The Labute approximate surface area is 164 Å². The predicted molar refractivity (Wildman–Crippen MR) is 105 cm³/mol. The fourth-order valence-electron chi connectivity index (χ4n) is 4.23. The summed E-state index contributed by atoms with van der Waals surface area (Å²) in [5.41, 5.74) is 1.59. The minimum Gasteiger partial charge on any atom is -0.339 e. The molecule has 2 aliphatic rings. The zero-order valence-electron chi connectivity index (χ0n) is 16.1. The Morgan fingerprint density at radius 3 is 2.68 bits per heavy atom. The first-order chi connectivity index (χ1) is 13.6. The second kappa shape index (κ2) is 8.00. The molecule has 28 heavy (non-hydrogen) atoms. The van der Waals surface area contributed by atoms with Crippen LogP contribution in [0, 0.1) is 5.92 Å². The van der Waals surface area contributed by atoms with Crippen molar-refractivity contribution >= 4 is 17.6 Å². The first-order valence-corrected chi connectivity index (χ1v) is 9.87. The van der Waals surface area contributed by atoms with E-state index in [4.69, 9.17) is 0 Å². The van der Waals surface area contributed by atoms with Crippen molar-refractivity contribution in [3.63, 3.8) is 0 Å². The van der Waals surface area contributed by atoms with Crippen LogP contribution < -0.4 is 5.32 Å². The Morgan fingerprint density at radius 2 is 2.00 bits per heavy atom. The number of urea groups is 1. The zero-order chi connectivity index (χ0) is 19.5. The molecule has 1 aliphatic heterocycles. The summed E-state index contributed by atoms with van der Waals surface area (Å²) < 4.78 is 1.66. The Bertz CT molecular complexity index is 814. The minimum atomic E-state index is -0.166. The van der Waals surface area contributed by atoms with Gasteiger partial charge in [-0.05, 0) is 37.1 Å². The number of carbonyl (C=O) groups excluding carboxylic acids is 2. The van der Waals surface area contributed by atoms with Crippen LogP contribution in [0.1, 0.15) is 32.1 Å². The molecule has 1 aromatic carbocycles. The van der Waals surface area contributed by atoms with Crippen molar-refractivity contribution in [3.05, 3.63) is 36.9 Å². The highest BCUT2D eigenvalue weighted by Gasteiger charge is 2.36. The number of nitrogens with zero attached hydrogens (tertiary/aromatic N) is 5. The largest absolute Gasteiger partial charge is 0.339 e. The molecule has 8 nitrogen and oxygen atoms in total. The first kappa shape index (κ1) is 18.5. The van der Waals surface area contributed by atoms with Gasteiger partial charge in [0.2, 0.25) is 5.91 Å². The highest BCUT2D eigenvalue weighted by molar-refractivity contribution is 5.89. The lowest BCUT2D eigenvalue weighted by molar-refractivity contribution is -0.129. The van der Waals surface area contributed by atoms with Gasteiger partial charge < -0.3 is 15.1 Å². The summed E-state index contributed by atoms with van der Waals surface area (Å²) in [6, 6.07) is 7.67. The van der Waals surface area contributed by atoms with Gasteiger partial charge in [-0.3, -0.25) is 4.79 Å². The van der Waals surface area contributed by atoms with Crippen LogP contribution in [0.3, 0.4) is 0 Å². The van der Waals surface area contributed by atoms with Gasteiger partial charge >= 0.3 is 6.03 Å². The Balaban J connectivity index is 1.29. The van der Waals surface area contributed by atoms with E-state index >= 15 is 0 Å². The topological polar surface area (TPSA) is 83.4 Å². The average Bonchev–Trinajstić information content (AvgIpc) is 3.44. The molecule has 0 spiro atoms. The molecule has 8 heteroatoms. The van der Waals surface area contributed by atoms with Crippen LogP contribution >= 0.6 is 0 Å². The molecule has 148 valence electrons. The standard InChI is InChI=1S/C20H26N6O2/c1-24(11-15-10-19(27)25(12-15)17-4-2-3-5-17)20(28)23-16-6-8-18(9-7-16)26-14-21-13-22-26/h6-9,13-15,17H,2-5,10-12H2,1H3,(H,23,28). The number of amides is 3. The summed E-state index contributed by atoms with van der Waals surface area (Å²) in [6.45, 7) is 1.35. The van der Waals surface area contributed by atoms with Crippen LogP contribution in [0.2, 0.25) is 0 Å². The van der Waals surface area contributed by atoms with Crippen molar-refractivity contribution in [1.82, 2.24) is 24.6 Å². The van der Waals surface area contributed by atoms with Crippen molar-refractivity contribution in [1.29, 1.82) is 0 Å². The van der Waals surface area contributed by atoms with E-state index in [2.05, 4.69) is 15.4 Å². The molecule has 1 atom stereocenters. The van der Waals surface area contributed by atoms with Crippen LogP contribution in [0.5, 0.6) is 0 Å². The van der Waals surface area contributed by atoms with E-state index in [1.165, 1.54) is 19.2 Å². The van der Waals surface area contributed by atoms with Gasteiger partial charge in [-0.15, -0.1) is 0 Å². The first-order valence-electron chi connectivity index (χ1n) is 9.87. The number of anilines is 1. The number of carbonyl (C=O) groups is 2. The molecule has 2 fully saturated rings. The van der Waals surface area contributed by atoms with E-state index < -0.39 is 0 Å². The van der Waals surface area contributed by atoms with Crippen molar-refractivity contribution in [2.45, 2.75) is 38.1 Å². The average molecular weight is 382 g/mol. The smallest absolute Gasteiger partial charge is 0.321 e. The number of rotatable bonds is 5. The molecule has 1 aliphatic carbocycles. The Morgan fingerprint density at radius 1 is 1.25 bits per heavy atom. The third-order valence-electron chi connectivity index (χ3n) is 5.68. The maximum Gasteiger partial charge on any atom is 0.321 e. The van der Waals surface area contributed by atoms with Crippen molar-refractivity contribution < 1.29 is 9.59 Å². The SMILES string of the molecule is CN(CC1CC(=O)N(C2CCCC2)C1)C(=O)Nc1ccc(-n2cncn2)cc1. The van der Waals surface area contributed by atoms with E-state index in [0.717, 1.165) is 30.8 Å². The summed E-state index contributed by atoms with van der Waals surface area (Å²) in [5, 5.41) is 6.99. The molecule has 1 saturated carbocycles. The number of hydrogen-bond acceptors (Lipinski definition) is 4. The number of nitrogens with one attached hydrogen (secondary N) is 1. The lowest BCUT2D eigenvalue weighted by atomic mass is 10.1. The molecule has 1 saturated heterocycles. The predicted octanol–water partition coefficient (Wildman–Crippen LogP) is 2.52. The molecular formula is C20H26N6O2. The minimum absolute atomic E-state index is 0.166. The summed E-state index contributed by atoms with van der Waals surface area (Å²) in [4.78, 5) is 32.5. The van der Waals surface area contributed by atoms with Crippen molar-refractivity contribution in [2.75, 3.05) is 25.5 Å². The number of aromatic nitrogens is 3. The maximum atomic E-state index is 12.5. The quantitative estimate of drug-likeness (QED) is 0.861. The van der Waals surface area contributed by atoms with Crippen LogP contribution in [0.4, 0.5) is 10.5 Å². The van der Waals surface area contributed by atoms with Gasteiger partial charge in [-0.2, -0.15) is 5.10 Å². The molecule has 2 aromatic rings. The monoisotopic (exact) mass is 382 g/mol. The van der Waals surface area contributed by atoms with Gasteiger partial charge in [0.1, 0.15) is 12.7 Å².